The molecule has 7 nitrogen and oxygen atoms in total. The Kier molecular flexibility index (Phi) is 11.8. The molecule has 1 fully saturated rings. The van der Waals surface area contributed by atoms with Crippen molar-refractivity contribution in [1.29, 1.82) is 0 Å². The smallest absolute Gasteiger partial charge is 0.262 e. The van der Waals surface area contributed by atoms with Crippen LogP contribution >= 0.6 is 11.8 Å². The molecule has 0 unspecified atom stereocenters. The van der Waals surface area contributed by atoms with E-state index in [0.29, 0.717) is 17.7 Å². The molecule has 2 aliphatic heterocycles. The minimum atomic E-state index is -2.27. The number of nitrogens with zero attached hydrogens (tertiary/aromatic N) is 1. The third-order valence-corrected chi connectivity index (χ3v) is 15.5. The van der Waals surface area contributed by atoms with Gasteiger partial charge in [0.1, 0.15) is 29.8 Å². The van der Waals surface area contributed by atoms with E-state index in [4.69, 9.17) is 18.6 Å². The molecule has 0 bridgehead atoms. The van der Waals surface area contributed by atoms with Gasteiger partial charge in [-0.25, -0.2) is 0 Å². The van der Waals surface area contributed by atoms with Gasteiger partial charge in [0.15, 0.2) is 8.32 Å². The Bertz CT molecular complexity index is 1630. The highest BCUT2D eigenvalue weighted by atomic mass is 32.2. The molecule has 4 aromatic rings. The van der Waals surface area contributed by atoms with Gasteiger partial charge in [-0.15, -0.1) is 0 Å². The number of hydrogen-bond acceptors (Lipinski definition) is 7. The van der Waals surface area contributed by atoms with Crippen molar-refractivity contribution in [2.45, 2.75) is 86.8 Å². The predicted molar refractivity (Wildman–Crippen MR) is 195 cm³/mol. The summed E-state index contributed by atoms with van der Waals surface area (Å²) in [5.74, 6) is -0.688. The Labute approximate surface area is 295 Å². The molecule has 9 heteroatoms. The fraction of sp³-hybridized carbons (Fsp3) is 0.350. The number of benzene rings is 4. The third-order valence-electron chi connectivity index (χ3n) is 9.73. The Balaban J connectivity index is 1.44. The topological polar surface area (TPSA) is 74.3 Å². The van der Waals surface area contributed by atoms with Gasteiger partial charge in [0, 0.05) is 4.90 Å². The fourth-order valence-electron chi connectivity index (χ4n) is 6.76. The van der Waals surface area contributed by atoms with Crippen LogP contribution < -0.4 is 0 Å². The van der Waals surface area contributed by atoms with Crippen LogP contribution in [0.4, 0.5) is 0 Å². The van der Waals surface area contributed by atoms with E-state index in [2.05, 4.69) is 20.8 Å². The highest BCUT2D eigenvalue weighted by Gasteiger charge is 2.56. The number of ether oxygens (including phenoxy) is 3. The molecule has 2 amide bonds. The molecule has 256 valence electrons. The van der Waals surface area contributed by atoms with E-state index >= 15 is 0 Å². The number of rotatable bonds is 15. The number of thioether (sulfide) groups is 1. The summed E-state index contributed by atoms with van der Waals surface area (Å²) in [4.78, 5) is 30.8. The first-order chi connectivity index (χ1) is 24.0. The van der Waals surface area contributed by atoms with Crippen LogP contribution in [0.3, 0.4) is 0 Å². The monoisotopic (exact) mass is 695 g/mol. The van der Waals surface area contributed by atoms with Gasteiger partial charge >= 0.3 is 0 Å². The molecular formula is C40H45NO6SSi. The van der Waals surface area contributed by atoms with Crippen LogP contribution in [0.2, 0.25) is 18.1 Å². The molecule has 2 heterocycles. The second-order valence-corrected chi connectivity index (χ2v) is 18.5. The van der Waals surface area contributed by atoms with Crippen LogP contribution in [-0.2, 0) is 31.9 Å². The normalized spacial score (nSPS) is 22.3. The summed E-state index contributed by atoms with van der Waals surface area (Å²) in [6.07, 6.45) is -1.80. The lowest BCUT2D eigenvalue weighted by Gasteiger charge is -2.50. The molecule has 2 aliphatic rings. The first-order valence-corrected chi connectivity index (χ1v) is 20.7. The third kappa shape index (κ3) is 7.93. The Hall–Kier alpha value is -3.57. The number of carbonyl (C=O) groups excluding carboxylic acids is 2. The molecule has 0 aliphatic carbocycles. The minimum absolute atomic E-state index is 0.257. The fourth-order valence-corrected chi connectivity index (χ4v) is 10.8. The lowest BCUT2D eigenvalue weighted by Crippen LogP contribution is -2.67. The molecule has 1 saturated heterocycles. The van der Waals surface area contributed by atoms with E-state index in [0.717, 1.165) is 34.2 Å². The van der Waals surface area contributed by atoms with Gasteiger partial charge in [0.25, 0.3) is 11.8 Å². The summed E-state index contributed by atoms with van der Waals surface area (Å²) in [5.41, 5.74) is 2.18. The molecule has 0 saturated carbocycles. The largest absolute Gasteiger partial charge is 0.408 e. The van der Waals surface area contributed by atoms with Crippen LogP contribution in [0.15, 0.2) is 120 Å². The van der Waals surface area contributed by atoms with Gasteiger partial charge in [-0.2, -0.15) is 0 Å². The molecule has 49 heavy (non-hydrogen) atoms. The van der Waals surface area contributed by atoms with Gasteiger partial charge < -0.3 is 18.6 Å². The first-order valence-electron chi connectivity index (χ1n) is 17.3. The van der Waals surface area contributed by atoms with Crippen molar-refractivity contribution < 1.29 is 28.2 Å². The van der Waals surface area contributed by atoms with Gasteiger partial charge in [-0.3, -0.25) is 14.5 Å². The maximum absolute atomic E-state index is 14.2. The lowest BCUT2D eigenvalue weighted by molar-refractivity contribution is -0.200. The second kappa shape index (κ2) is 16.4. The molecule has 5 atom stereocenters. The zero-order valence-electron chi connectivity index (χ0n) is 28.4. The van der Waals surface area contributed by atoms with Gasteiger partial charge in [-0.05, 0) is 53.5 Å². The van der Waals surface area contributed by atoms with Crippen LogP contribution in [0.5, 0.6) is 0 Å². The summed E-state index contributed by atoms with van der Waals surface area (Å²) >= 11 is 1.49. The molecule has 0 aromatic heterocycles. The number of amides is 2. The second-order valence-electron chi connectivity index (χ2n) is 12.6. The van der Waals surface area contributed by atoms with E-state index < -0.39 is 38.1 Å². The summed E-state index contributed by atoms with van der Waals surface area (Å²) in [6, 6.07) is 39.0. The molecule has 0 N–H and O–H groups in total. The highest BCUT2D eigenvalue weighted by molar-refractivity contribution is 7.99. The highest BCUT2D eigenvalue weighted by Crippen LogP contribution is 2.42. The quantitative estimate of drug-likeness (QED) is 0.0914. The van der Waals surface area contributed by atoms with Crippen molar-refractivity contribution in [3.8, 4) is 0 Å². The molecule has 0 spiro atoms. The van der Waals surface area contributed by atoms with Gasteiger partial charge in [-0.1, -0.05) is 124 Å². The van der Waals surface area contributed by atoms with Crippen molar-refractivity contribution in [1.82, 2.24) is 4.90 Å². The zero-order valence-corrected chi connectivity index (χ0v) is 30.2. The summed E-state index contributed by atoms with van der Waals surface area (Å²) in [5, 5.41) is 0. The SMILES string of the molecule is CC[Si](CC)(CC)O[C@H]1[C@H](OCc2ccccc2)[C@@H](N2C(=O)c3ccccc3C2=O)[C@H](Sc2ccccc2)O[C@@H]1COCc1ccccc1. The average Bonchev–Trinajstić information content (AvgIpc) is 3.40. The summed E-state index contributed by atoms with van der Waals surface area (Å²) in [6.45, 7) is 7.54. The number of carbonyl (C=O) groups is 2. The average molecular weight is 696 g/mol. The van der Waals surface area contributed by atoms with Crippen molar-refractivity contribution in [3.63, 3.8) is 0 Å². The lowest BCUT2D eigenvalue weighted by atomic mass is 9.96. The van der Waals surface area contributed by atoms with Crippen LogP contribution in [-0.4, -0.2) is 61.4 Å². The molecule has 0 radical (unpaired) electrons. The van der Waals surface area contributed by atoms with Gasteiger partial charge in [0.05, 0.1) is 30.9 Å². The van der Waals surface area contributed by atoms with Crippen LogP contribution in [0.1, 0.15) is 52.6 Å². The van der Waals surface area contributed by atoms with Crippen molar-refractivity contribution in [2.75, 3.05) is 6.61 Å². The number of imide groups is 1. The first kappa shape index (κ1) is 35.3. The van der Waals surface area contributed by atoms with E-state index in [9.17, 15) is 9.59 Å². The van der Waals surface area contributed by atoms with Crippen molar-refractivity contribution >= 4 is 31.9 Å². The maximum atomic E-state index is 14.2. The standard InChI is InChI=1S/C40H45NO6SSi/c1-4-49(5-2,6-3)47-36-34(28-44-26-29-18-10-7-11-19-29)46-40(48-31-22-14-9-15-23-31)35(37(36)45-27-30-20-12-8-13-21-30)41-38(42)32-24-16-17-25-33(32)39(41)43/h7-25,34-37,40H,4-6,26-28H2,1-3H3/t34-,35-,36-,37-,40+/m1/s1. The van der Waals surface area contributed by atoms with Gasteiger partial charge in [0.2, 0.25) is 0 Å². The van der Waals surface area contributed by atoms with E-state index in [1.54, 1.807) is 24.3 Å². The number of fused-ring (bicyclic) bond motifs is 1. The summed E-state index contributed by atoms with van der Waals surface area (Å²) in [7, 11) is -2.27. The molecule has 6 rings (SSSR count). The van der Waals surface area contributed by atoms with Crippen molar-refractivity contribution in [3.05, 3.63) is 138 Å². The predicted octanol–water partition coefficient (Wildman–Crippen LogP) is 8.36. The van der Waals surface area contributed by atoms with E-state index in [1.807, 2.05) is 91.0 Å². The maximum Gasteiger partial charge on any atom is 0.262 e. The Morgan fingerprint density at radius 1 is 0.673 bits per heavy atom. The Morgan fingerprint density at radius 2 is 1.18 bits per heavy atom. The van der Waals surface area contributed by atoms with Crippen LogP contribution in [0.25, 0.3) is 0 Å². The zero-order chi connectivity index (χ0) is 34.2. The number of hydrogen-bond donors (Lipinski definition) is 0. The van der Waals surface area contributed by atoms with Crippen LogP contribution in [0, 0.1) is 0 Å². The molecular weight excluding hydrogens is 651 g/mol. The molecule has 4 aromatic carbocycles. The Morgan fingerprint density at radius 3 is 1.73 bits per heavy atom. The van der Waals surface area contributed by atoms with E-state index in [-0.39, 0.29) is 25.0 Å². The summed E-state index contributed by atoms with van der Waals surface area (Å²) < 4.78 is 27.7. The van der Waals surface area contributed by atoms with Crippen molar-refractivity contribution in [2.24, 2.45) is 0 Å². The minimum Gasteiger partial charge on any atom is -0.408 e. The van der Waals surface area contributed by atoms with E-state index in [1.165, 1.54) is 16.7 Å².